The SMILES string of the molecule is CN=C(NCCc1ccncc1C)NC(C)(C)C. The van der Waals surface area contributed by atoms with Gasteiger partial charge in [-0.15, -0.1) is 0 Å². The van der Waals surface area contributed by atoms with E-state index < -0.39 is 0 Å². The minimum atomic E-state index is 0.0222. The van der Waals surface area contributed by atoms with Gasteiger partial charge in [0, 0.05) is 31.5 Å². The van der Waals surface area contributed by atoms with Crippen LogP contribution in [-0.4, -0.2) is 30.1 Å². The Bertz CT molecular complexity index is 405. The van der Waals surface area contributed by atoms with Crippen molar-refractivity contribution < 1.29 is 0 Å². The van der Waals surface area contributed by atoms with E-state index in [9.17, 15) is 0 Å². The van der Waals surface area contributed by atoms with Gasteiger partial charge in [0.15, 0.2) is 5.96 Å². The molecule has 2 N–H and O–H groups in total. The third-order valence-electron chi connectivity index (χ3n) is 2.54. The van der Waals surface area contributed by atoms with Gasteiger partial charge in [0.2, 0.25) is 0 Å². The Morgan fingerprint density at radius 3 is 2.67 bits per heavy atom. The predicted molar refractivity (Wildman–Crippen MR) is 76.9 cm³/mol. The number of guanidine groups is 1. The van der Waals surface area contributed by atoms with Crippen LogP contribution in [0.2, 0.25) is 0 Å². The molecule has 0 unspecified atom stereocenters. The first kappa shape index (κ1) is 14.5. The smallest absolute Gasteiger partial charge is 0.191 e. The van der Waals surface area contributed by atoms with E-state index in [2.05, 4.69) is 54.4 Å². The van der Waals surface area contributed by atoms with Crippen molar-refractivity contribution in [2.45, 2.75) is 39.7 Å². The lowest BCUT2D eigenvalue weighted by Gasteiger charge is -2.23. The van der Waals surface area contributed by atoms with Gasteiger partial charge in [-0.2, -0.15) is 0 Å². The fourth-order valence-corrected chi connectivity index (χ4v) is 1.63. The molecule has 1 heterocycles. The Labute approximate surface area is 110 Å². The van der Waals surface area contributed by atoms with Gasteiger partial charge in [0.1, 0.15) is 0 Å². The summed E-state index contributed by atoms with van der Waals surface area (Å²) in [4.78, 5) is 8.31. The minimum Gasteiger partial charge on any atom is -0.356 e. The van der Waals surface area contributed by atoms with Gasteiger partial charge in [0.25, 0.3) is 0 Å². The van der Waals surface area contributed by atoms with Crippen LogP contribution in [0.4, 0.5) is 0 Å². The monoisotopic (exact) mass is 248 g/mol. The number of pyridine rings is 1. The van der Waals surface area contributed by atoms with E-state index in [1.165, 1.54) is 11.1 Å². The lowest BCUT2D eigenvalue weighted by atomic mass is 10.1. The molecule has 1 aromatic rings. The second kappa shape index (κ2) is 6.38. The molecule has 0 spiro atoms. The topological polar surface area (TPSA) is 49.3 Å². The van der Waals surface area contributed by atoms with Crippen molar-refractivity contribution in [3.05, 3.63) is 29.6 Å². The van der Waals surface area contributed by atoms with Crippen molar-refractivity contribution in [1.29, 1.82) is 0 Å². The van der Waals surface area contributed by atoms with Crippen LogP contribution >= 0.6 is 0 Å². The van der Waals surface area contributed by atoms with Crippen molar-refractivity contribution in [3.63, 3.8) is 0 Å². The van der Waals surface area contributed by atoms with E-state index in [1.807, 2.05) is 12.4 Å². The quantitative estimate of drug-likeness (QED) is 0.634. The van der Waals surface area contributed by atoms with Gasteiger partial charge in [-0.25, -0.2) is 0 Å². The highest BCUT2D eigenvalue weighted by atomic mass is 15.2. The molecule has 0 aliphatic rings. The summed E-state index contributed by atoms with van der Waals surface area (Å²) < 4.78 is 0. The zero-order valence-electron chi connectivity index (χ0n) is 12.0. The van der Waals surface area contributed by atoms with E-state index in [1.54, 1.807) is 7.05 Å². The first-order chi connectivity index (χ1) is 8.42. The lowest BCUT2D eigenvalue weighted by Crippen LogP contribution is -2.48. The second-order valence-corrected chi connectivity index (χ2v) is 5.43. The summed E-state index contributed by atoms with van der Waals surface area (Å²) in [7, 11) is 1.79. The van der Waals surface area contributed by atoms with Crippen molar-refractivity contribution >= 4 is 5.96 Å². The highest BCUT2D eigenvalue weighted by molar-refractivity contribution is 5.80. The van der Waals surface area contributed by atoms with Gasteiger partial charge < -0.3 is 10.6 Å². The Balaban J connectivity index is 2.44. The molecule has 0 amide bonds. The number of nitrogens with zero attached hydrogens (tertiary/aromatic N) is 2. The number of rotatable bonds is 3. The van der Waals surface area contributed by atoms with Crippen LogP contribution in [0.25, 0.3) is 0 Å². The number of nitrogens with one attached hydrogen (secondary N) is 2. The molecule has 0 atom stereocenters. The predicted octanol–water partition coefficient (Wildman–Crippen LogP) is 1.90. The molecule has 100 valence electrons. The van der Waals surface area contributed by atoms with Crippen LogP contribution in [-0.2, 0) is 6.42 Å². The van der Waals surface area contributed by atoms with Crippen LogP contribution in [0.1, 0.15) is 31.9 Å². The molecule has 0 aliphatic carbocycles. The molecule has 4 nitrogen and oxygen atoms in total. The van der Waals surface area contributed by atoms with Crippen LogP contribution < -0.4 is 10.6 Å². The molecule has 0 saturated carbocycles. The van der Waals surface area contributed by atoms with Crippen molar-refractivity contribution in [1.82, 2.24) is 15.6 Å². The number of aryl methyl sites for hydroxylation is 1. The zero-order chi connectivity index (χ0) is 13.6. The van der Waals surface area contributed by atoms with Gasteiger partial charge in [-0.1, -0.05) is 0 Å². The fraction of sp³-hybridized carbons (Fsp3) is 0.571. The molecule has 0 saturated heterocycles. The maximum absolute atomic E-state index is 4.21. The fourth-order valence-electron chi connectivity index (χ4n) is 1.63. The molecule has 0 bridgehead atoms. The third kappa shape index (κ3) is 5.17. The molecule has 18 heavy (non-hydrogen) atoms. The number of hydrogen-bond donors (Lipinski definition) is 2. The number of hydrogen-bond acceptors (Lipinski definition) is 2. The van der Waals surface area contributed by atoms with Gasteiger partial charge in [-0.3, -0.25) is 9.98 Å². The highest BCUT2D eigenvalue weighted by Crippen LogP contribution is 2.05. The minimum absolute atomic E-state index is 0.0222. The van der Waals surface area contributed by atoms with Crippen LogP contribution in [0, 0.1) is 6.92 Å². The number of aromatic nitrogens is 1. The molecule has 0 aliphatic heterocycles. The Morgan fingerprint density at radius 1 is 1.39 bits per heavy atom. The van der Waals surface area contributed by atoms with Crippen LogP contribution in [0.3, 0.4) is 0 Å². The molecule has 0 fully saturated rings. The molecule has 4 heteroatoms. The first-order valence-electron chi connectivity index (χ1n) is 6.31. The normalized spacial score (nSPS) is 12.4. The Kier molecular flexibility index (Phi) is 5.13. The number of aliphatic imine (C=N–C) groups is 1. The molecule has 1 aromatic heterocycles. The average molecular weight is 248 g/mol. The maximum Gasteiger partial charge on any atom is 0.191 e. The summed E-state index contributed by atoms with van der Waals surface area (Å²) in [5, 5.41) is 6.65. The Hall–Kier alpha value is -1.58. The molecule has 0 radical (unpaired) electrons. The summed E-state index contributed by atoms with van der Waals surface area (Å²) in [5.41, 5.74) is 2.58. The van der Waals surface area contributed by atoms with Crippen LogP contribution in [0.5, 0.6) is 0 Å². The van der Waals surface area contributed by atoms with Gasteiger partial charge in [0.05, 0.1) is 0 Å². The summed E-state index contributed by atoms with van der Waals surface area (Å²) in [6.45, 7) is 9.30. The summed E-state index contributed by atoms with van der Waals surface area (Å²) in [6, 6.07) is 2.07. The van der Waals surface area contributed by atoms with Crippen LogP contribution in [0.15, 0.2) is 23.5 Å². The Morgan fingerprint density at radius 2 is 2.11 bits per heavy atom. The third-order valence-corrected chi connectivity index (χ3v) is 2.54. The highest BCUT2D eigenvalue weighted by Gasteiger charge is 2.11. The van der Waals surface area contributed by atoms with Crippen molar-refractivity contribution in [2.24, 2.45) is 4.99 Å². The molecule has 0 aromatic carbocycles. The molecular weight excluding hydrogens is 224 g/mol. The summed E-state index contributed by atoms with van der Waals surface area (Å²) in [5.74, 6) is 0.842. The maximum atomic E-state index is 4.21. The first-order valence-corrected chi connectivity index (χ1v) is 6.31. The van der Waals surface area contributed by atoms with E-state index in [4.69, 9.17) is 0 Å². The van der Waals surface area contributed by atoms with Crippen molar-refractivity contribution in [3.8, 4) is 0 Å². The van der Waals surface area contributed by atoms with E-state index in [0.29, 0.717) is 0 Å². The van der Waals surface area contributed by atoms with Gasteiger partial charge in [-0.05, 0) is 51.3 Å². The summed E-state index contributed by atoms with van der Waals surface area (Å²) in [6.07, 6.45) is 4.71. The standard InChI is InChI=1S/C14H24N4/c1-11-10-16-8-6-12(11)7-9-17-13(15-5)18-14(2,3)4/h6,8,10H,7,9H2,1-5H3,(H2,15,17,18). The molecular formula is C14H24N4. The van der Waals surface area contributed by atoms with E-state index in [0.717, 1.165) is 18.9 Å². The molecule has 1 rings (SSSR count). The summed E-state index contributed by atoms with van der Waals surface area (Å²) >= 11 is 0. The largest absolute Gasteiger partial charge is 0.356 e. The average Bonchev–Trinajstić information content (AvgIpc) is 2.28. The van der Waals surface area contributed by atoms with E-state index >= 15 is 0 Å². The zero-order valence-corrected chi connectivity index (χ0v) is 12.0. The lowest BCUT2D eigenvalue weighted by molar-refractivity contribution is 0.501. The van der Waals surface area contributed by atoms with E-state index in [-0.39, 0.29) is 5.54 Å². The van der Waals surface area contributed by atoms with Crippen molar-refractivity contribution in [2.75, 3.05) is 13.6 Å². The second-order valence-electron chi connectivity index (χ2n) is 5.43. The van der Waals surface area contributed by atoms with Gasteiger partial charge >= 0.3 is 0 Å².